The van der Waals surface area contributed by atoms with E-state index in [1.54, 1.807) is 19.1 Å². The number of hydrogen-bond donors (Lipinski definition) is 1. The van der Waals surface area contributed by atoms with Gasteiger partial charge in [0.2, 0.25) is 0 Å². The summed E-state index contributed by atoms with van der Waals surface area (Å²) in [6.45, 7) is 4.70. The number of rotatable bonds is 6. The molecule has 0 spiro atoms. The van der Waals surface area contributed by atoms with Crippen LogP contribution in [-0.4, -0.2) is 48.9 Å². The van der Waals surface area contributed by atoms with E-state index in [-0.39, 0.29) is 5.91 Å². The van der Waals surface area contributed by atoms with E-state index in [0.717, 1.165) is 37.7 Å². The molecule has 0 bridgehead atoms. The van der Waals surface area contributed by atoms with Crippen LogP contribution in [0.15, 0.2) is 73.1 Å². The maximum Gasteiger partial charge on any atom is 0.338 e. The lowest BCUT2D eigenvalue weighted by atomic mass is 10.2. The zero-order valence-corrected chi connectivity index (χ0v) is 17.4. The van der Waals surface area contributed by atoms with Crippen LogP contribution in [0.5, 0.6) is 0 Å². The molecule has 7 heteroatoms. The number of carbonyl (C=O) groups excluding carboxylic acids is 2. The molecule has 2 heterocycles. The third kappa shape index (κ3) is 5.13. The molecule has 1 saturated heterocycles. The first-order valence-electron chi connectivity index (χ1n) is 10.3. The van der Waals surface area contributed by atoms with Crippen molar-refractivity contribution in [3.05, 3.63) is 78.6 Å². The van der Waals surface area contributed by atoms with Gasteiger partial charge in [-0.15, -0.1) is 0 Å². The summed E-state index contributed by atoms with van der Waals surface area (Å²) in [4.78, 5) is 27.1. The maximum atomic E-state index is 12.5. The highest BCUT2D eigenvalue weighted by Crippen LogP contribution is 2.19. The van der Waals surface area contributed by atoms with Gasteiger partial charge in [0.15, 0.2) is 6.10 Å². The minimum atomic E-state index is -0.921. The minimum Gasteiger partial charge on any atom is -0.449 e. The van der Waals surface area contributed by atoms with Gasteiger partial charge in [-0.1, -0.05) is 0 Å². The standard InChI is InChI=1S/C24H25N3O4/c1-18(31-24(29)19-4-8-21(9-5-19)26-12-2-3-13-26)23(28)25-20-6-10-22(11-7-20)27-14-16-30-17-15-27/h2-13,18H,14-17H2,1H3,(H,25,28)/t18-/m0/s1. The number of benzene rings is 2. The van der Waals surface area contributed by atoms with Gasteiger partial charge in [0, 0.05) is 42.5 Å². The summed E-state index contributed by atoms with van der Waals surface area (Å²) in [6.07, 6.45) is 2.93. The molecule has 1 atom stereocenters. The van der Waals surface area contributed by atoms with E-state index in [9.17, 15) is 9.59 Å². The molecule has 1 aliphatic rings. The van der Waals surface area contributed by atoms with E-state index in [1.807, 2.05) is 65.5 Å². The van der Waals surface area contributed by atoms with Crippen LogP contribution in [0.1, 0.15) is 17.3 Å². The number of carbonyl (C=O) groups is 2. The van der Waals surface area contributed by atoms with Crippen LogP contribution in [0.25, 0.3) is 5.69 Å². The normalized spacial score (nSPS) is 14.7. The lowest BCUT2D eigenvalue weighted by Crippen LogP contribution is -2.36. The Morgan fingerprint density at radius 3 is 2.19 bits per heavy atom. The molecule has 31 heavy (non-hydrogen) atoms. The molecular formula is C24H25N3O4. The lowest BCUT2D eigenvalue weighted by Gasteiger charge is -2.28. The van der Waals surface area contributed by atoms with E-state index in [2.05, 4.69) is 10.2 Å². The topological polar surface area (TPSA) is 72.8 Å². The Bertz CT molecular complexity index is 1010. The molecule has 0 radical (unpaired) electrons. The summed E-state index contributed by atoms with van der Waals surface area (Å²) in [5, 5.41) is 2.79. The average Bonchev–Trinajstić information content (AvgIpc) is 3.35. The Kier molecular flexibility index (Phi) is 6.33. The second-order valence-electron chi connectivity index (χ2n) is 7.32. The van der Waals surface area contributed by atoms with Crippen molar-refractivity contribution in [1.29, 1.82) is 0 Å². The quantitative estimate of drug-likeness (QED) is 0.619. The van der Waals surface area contributed by atoms with E-state index in [0.29, 0.717) is 11.3 Å². The largest absolute Gasteiger partial charge is 0.449 e. The molecular weight excluding hydrogens is 394 g/mol. The van der Waals surface area contributed by atoms with Gasteiger partial charge < -0.3 is 24.3 Å². The molecule has 0 aliphatic carbocycles. The van der Waals surface area contributed by atoms with Crippen LogP contribution in [-0.2, 0) is 14.3 Å². The van der Waals surface area contributed by atoms with E-state index in [4.69, 9.17) is 9.47 Å². The monoisotopic (exact) mass is 419 g/mol. The van der Waals surface area contributed by atoms with Gasteiger partial charge in [-0.25, -0.2) is 4.79 Å². The van der Waals surface area contributed by atoms with Crippen molar-refractivity contribution < 1.29 is 19.1 Å². The van der Waals surface area contributed by atoms with Crippen molar-refractivity contribution in [2.75, 3.05) is 36.5 Å². The molecule has 1 aromatic heterocycles. The van der Waals surface area contributed by atoms with Gasteiger partial charge in [-0.2, -0.15) is 0 Å². The molecule has 1 fully saturated rings. The number of nitrogens with zero attached hydrogens (tertiary/aromatic N) is 2. The van der Waals surface area contributed by atoms with Crippen molar-refractivity contribution in [3.8, 4) is 5.69 Å². The zero-order valence-electron chi connectivity index (χ0n) is 17.4. The fourth-order valence-electron chi connectivity index (χ4n) is 3.38. The number of anilines is 2. The van der Waals surface area contributed by atoms with Crippen molar-refractivity contribution >= 4 is 23.3 Å². The highest BCUT2D eigenvalue weighted by Gasteiger charge is 2.19. The van der Waals surface area contributed by atoms with Gasteiger partial charge >= 0.3 is 5.97 Å². The van der Waals surface area contributed by atoms with E-state index >= 15 is 0 Å². The predicted molar refractivity (Wildman–Crippen MR) is 119 cm³/mol. The number of esters is 1. The van der Waals surface area contributed by atoms with Crippen LogP contribution >= 0.6 is 0 Å². The van der Waals surface area contributed by atoms with Gasteiger partial charge in [0.25, 0.3) is 5.91 Å². The second kappa shape index (κ2) is 9.49. The first kappa shape index (κ1) is 20.7. The summed E-state index contributed by atoms with van der Waals surface area (Å²) in [5.74, 6) is -0.916. The Labute approximate surface area is 181 Å². The molecule has 3 aromatic rings. The number of ether oxygens (including phenoxy) is 2. The van der Waals surface area contributed by atoms with Gasteiger partial charge in [-0.05, 0) is 67.6 Å². The minimum absolute atomic E-state index is 0.378. The molecule has 4 rings (SSSR count). The summed E-state index contributed by atoms with van der Waals surface area (Å²) >= 11 is 0. The molecule has 1 N–H and O–H groups in total. The third-order valence-electron chi connectivity index (χ3n) is 5.17. The maximum absolute atomic E-state index is 12.5. The van der Waals surface area contributed by atoms with Crippen LogP contribution in [0, 0.1) is 0 Å². The van der Waals surface area contributed by atoms with Gasteiger partial charge in [0.05, 0.1) is 18.8 Å². The Hall–Kier alpha value is -3.58. The molecule has 1 amide bonds. The van der Waals surface area contributed by atoms with Crippen molar-refractivity contribution in [2.24, 2.45) is 0 Å². The Morgan fingerprint density at radius 2 is 1.55 bits per heavy atom. The predicted octanol–water partition coefficient (Wildman–Crippen LogP) is 3.50. The average molecular weight is 419 g/mol. The number of nitrogens with one attached hydrogen (secondary N) is 1. The lowest BCUT2D eigenvalue weighted by molar-refractivity contribution is -0.123. The highest BCUT2D eigenvalue weighted by atomic mass is 16.5. The second-order valence-corrected chi connectivity index (χ2v) is 7.32. The number of aromatic nitrogens is 1. The molecule has 1 aliphatic heterocycles. The highest BCUT2D eigenvalue weighted by molar-refractivity contribution is 5.97. The molecule has 160 valence electrons. The van der Waals surface area contributed by atoms with Crippen LogP contribution in [0.4, 0.5) is 11.4 Å². The third-order valence-corrected chi connectivity index (χ3v) is 5.17. The summed E-state index contributed by atoms with van der Waals surface area (Å²) in [7, 11) is 0. The molecule has 2 aromatic carbocycles. The number of amides is 1. The fraction of sp³-hybridized carbons (Fsp3) is 0.250. The van der Waals surface area contributed by atoms with E-state index in [1.165, 1.54) is 0 Å². The molecule has 0 saturated carbocycles. The SMILES string of the molecule is C[C@H](OC(=O)c1ccc(-n2cccc2)cc1)C(=O)Nc1ccc(N2CCOCC2)cc1. The van der Waals surface area contributed by atoms with Crippen molar-refractivity contribution in [3.63, 3.8) is 0 Å². The van der Waals surface area contributed by atoms with Crippen LogP contribution in [0.2, 0.25) is 0 Å². The molecule has 7 nitrogen and oxygen atoms in total. The number of hydrogen-bond acceptors (Lipinski definition) is 5. The van der Waals surface area contributed by atoms with Gasteiger partial charge in [0.1, 0.15) is 0 Å². The van der Waals surface area contributed by atoms with Crippen molar-refractivity contribution in [1.82, 2.24) is 4.57 Å². The Balaban J connectivity index is 1.31. The first-order chi connectivity index (χ1) is 15.1. The summed E-state index contributed by atoms with van der Waals surface area (Å²) in [5.41, 5.74) is 3.07. The van der Waals surface area contributed by atoms with Crippen LogP contribution < -0.4 is 10.2 Å². The number of morpholine rings is 1. The first-order valence-corrected chi connectivity index (χ1v) is 10.3. The zero-order chi connectivity index (χ0) is 21.6. The van der Waals surface area contributed by atoms with Crippen molar-refractivity contribution in [2.45, 2.75) is 13.0 Å². The summed E-state index contributed by atoms with van der Waals surface area (Å²) < 4.78 is 12.6. The van der Waals surface area contributed by atoms with E-state index < -0.39 is 12.1 Å². The van der Waals surface area contributed by atoms with Gasteiger partial charge in [-0.3, -0.25) is 4.79 Å². The molecule has 0 unspecified atom stereocenters. The fourth-order valence-corrected chi connectivity index (χ4v) is 3.38. The van der Waals surface area contributed by atoms with Crippen LogP contribution in [0.3, 0.4) is 0 Å². The summed E-state index contributed by atoms with van der Waals surface area (Å²) in [6, 6.07) is 18.5. The smallest absolute Gasteiger partial charge is 0.338 e. The Morgan fingerprint density at radius 1 is 0.935 bits per heavy atom.